The van der Waals surface area contributed by atoms with Crippen molar-refractivity contribution in [3.8, 4) is 5.75 Å². The van der Waals surface area contributed by atoms with Gasteiger partial charge in [-0.1, -0.05) is 32.9 Å². The van der Waals surface area contributed by atoms with Crippen LogP contribution in [0.5, 0.6) is 5.75 Å². The Labute approximate surface area is 111 Å². The highest BCUT2D eigenvalue weighted by atomic mass is 16.5. The lowest BCUT2D eigenvalue weighted by atomic mass is 10.2. The summed E-state index contributed by atoms with van der Waals surface area (Å²) in [5, 5.41) is 3.45. The molecule has 0 aromatic heterocycles. The number of rotatable bonds is 8. The Kier molecular flexibility index (Phi) is 6.76. The zero-order valence-electron chi connectivity index (χ0n) is 12.1. The summed E-state index contributed by atoms with van der Waals surface area (Å²) in [6.45, 7) is 10.7. The highest BCUT2D eigenvalue weighted by Gasteiger charge is 2.04. The molecule has 1 rings (SSSR count). The monoisotopic (exact) mass is 250 g/mol. The molecule has 0 aliphatic heterocycles. The van der Waals surface area contributed by atoms with Crippen molar-refractivity contribution >= 4 is 0 Å². The van der Waals surface area contributed by atoms with Gasteiger partial charge < -0.3 is 10.1 Å². The summed E-state index contributed by atoms with van der Waals surface area (Å²) >= 11 is 0. The first-order valence-electron chi connectivity index (χ1n) is 6.74. The quantitative estimate of drug-likeness (QED) is 0.767. The third kappa shape index (κ3) is 5.52. The van der Waals surface area contributed by atoms with Gasteiger partial charge in [0.2, 0.25) is 0 Å². The normalized spacial score (nSPS) is 11.2. The van der Waals surface area contributed by atoms with E-state index in [1.54, 1.807) is 7.11 Å². The third-order valence-electron chi connectivity index (χ3n) is 2.97. The summed E-state index contributed by atoms with van der Waals surface area (Å²) in [6.07, 6.45) is 0. The van der Waals surface area contributed by atoms with Crippen molar-refractivity contribution in [3.05, 3.63) is 29.8 Å². The fourth-order valence-electron chi connectivity index (χ4n) is 1.89. The van der Waals surface area contributed by atoms with Gasteiger partial charge in [0.15, 0.2) is 0 Å². The second kappa shape index (κ2) is 8.11. The molecule has 0 heterocycles. The molecule has 0 atom stereocenters. The van der Waals surface area contributed by atoms with Crippen LogP contribution >= 0.6 is 0 Å². The van der Waals surface area contributed by atoms with Gasteiger partial charge in [0.05, 0.1) is 7.11 Å². The molecule has 18 heavy (non-hydrogen) atoms. The van der Waals surface area contributed by atoms with E-state index in [0.29, 0.717) is 6.04 Å². The molecule has 0 saturated carbocycles. The van der Waals surface area contributed by atoms with E-state index in [1.165, 1.54) is 5.56 Å². The molecule has 102 valence electrons. The van der Waals surface area contributed by atoms with E-state index in [4.69, 9.17) is 4.74 Å². The highest BCUT2D eigenvalue weighted by molar-refractivity contribution is 5.28. The molecule has 3 heteroatoms. The van der Waals surface area contributed by atoms with E-state index >= 15 is 0 Å². The van der Waals surface area contributed by atoms with Gasteiger partial charge in [-0.2, -0.15) is 0 Å². The van der Waals surface area contributed by atoms with Crippen LogP contribution in [0.2, 0.25) is 0 Å². The van der Waals surface area contributed by atoms with Crippen LogP contribution < -0.4 is 10.1 Å². The molecule has 1 aromatic rings. The first-order valence-corrected chi connectivity index (χ1v) is 6.74. The van der Waals surface area contributed by atoms with E-state index < -0.39 is 0 Å². The maximum Gasteiger partial charge on any atom is 0.119 e. The molecule has 1 aromatic carbocycles. The number of hydrogen-bond acceptors (Lipinski definition) is 3. The van der Waals surface area contributed by atoms with Gasteiger partial charge in [0, 0.05) is 25.7 Å². The molecule has 0 unspecified atom stereocenters. The van der Waals surface area contributed by atoms with Crippen molar-refractivity contribution in [3.63, 3.8) is 0 Å². The minimum Gasteiger partial charge on any atom is -0.497 e. The number of benzene rings is 1. The Morgan fingerprint density at radius 2 is 2.11 bits per heavy atom. The molecule has 0 fully saturated rings. The molecular weight excluding hydrogens is 224 g/mol. The number of ether oxygens (including phenoxy) is 1. The van der Waals surface area contributed by atoms with Gasteiger partial charge in [-0.05, 0) is 24.2 Å². The van der Waals surface area contributed by atoms with Crippen molar-refractivity contribution in [2.75, 3.05) is 26.7 Å². The van der Waals surface area contributed by atoms with Gasteiger partial charge in [-0.3, -0.25) is 4.90 Å². The Morgan fingerprint density at radius 3 is 2.72 bits per heavy atom. The molecule has 0 aliphatic rings. The van der Waals surface area contributed by atoms with Gasteiger partial charge in [0.1, 0.15) is 5.75 Å². The van der Waals surface area contributed by atoms with Gasteiger partial charge in [-0.25, -0.2) is 0 Å². The van der Waals surface area contributed by atoms with E-state index in [2.05, 4.69) is 43.1 Å². The number of likely N-dealkylation sites (N-methyl/N-ethyl adjacent to an activating group) is 1. The fraction of sp³-hybridized carbons (Fsp3) is 0.600. The van der Waals surface area contributed by atoms with Crippen LogP contribution in [0, 0.1) is 0 Å². The Bertz CT molecular complexity index is 339. The SMILES string of the molecule is CCN(CCNC(C)C)Cc1cccc(OC)c1. The van der Waals surface area contributed by atoms with Crippen molar-refractivity contribution in [2.45, 2.75) is 33.4 Å². The predicted octanol–water partition coefficient (Wildman–Crippen LogP) is 2.52. The lowest BCUT2D eigenvalue weighted by Crippen LogP contribution is -2.34. The van der Waals surface area contributed by atoms with E-state index in [0.717, 1.165) is 31.9 Å². The van der Waals surface area contributed by atoms with Crippen LogP contribution in [0.1, 0.15) is 26.3 Å². The summed E-state index contributed by atoms with van der Waals surface area (Å²) in [7, 11) is 1.71. The first-order chi connectivity index (χ1) is 8.65. The minimum absolute atomic E-state index is 0.556. The van der Waals surface area contributed by atoms with Crippen LogP contribution in [-0.4, -0.2) is 37.7 Å². The maximum absolute atomic E-state index is 5.25. The van der Waals surface area contributed by atoms with E-state index in [1.807, 2.05) is 12.1 Å². The lowest BCUT2D eigenvalue weighted by Gasteiger charge is -2.21. The zero-order valence-corrected chi connectivity index (χ0v) is 12.1. The fourth-order valence-corrected chi connectivity index (χ4v) is 1.89. The number of nitrogens with one attached hydrogen (secondary N) is 1. The van der Waals surface area contributed by atoms with Crippen molar-refractivity contribution in [1.29, 1.82) is 0 Å². The summed E-state index contributed by atoms with van der Waals surface area (Å²) in [4.78, 5) is 2.43. The number of hydrogen-bond donors (Lipinski definition) is 1. The van der Waals surface area contributed by atoms with Gasteiger partial charge in [0.25, 0.3) is 0 Å². The van der Waals surface area contributed by atoms with Crippen LogP contribution in [0.3, 0.4) is 0 Å². The predicted molar refractivity (Wildman–Crippen MR) is 77.1 cm³/mol. The second-order valence-electron chi connectivity index (χ2n) is 4.83. The smallest absolute Gasteiger partial charge is 0.119 e. The standard InChI is InChI=1S/C15H26N2O/c1-5-17(10-9-16-13(2)3)12-14-7-6-8-15(11-14)18-4/h6-8,11,13,16H,5,9-10,12H2,1-4H3. The first kappa shape index (κ1) is 15.0. The highest BCUT2D eigenvalue weighted by Crippen LogP contribution is 2.14. The molecular formula is C15H26N2O. The second-order valence-corrected chi connectivity index (χ2v) is 4.83. The summed E-state index contributed by atoms with van der Waals surface area (Å²) in [5.41, 5.74) is 1.31. The number of nitrogens with zero attached hydrogens (tertiary/aromatic N) is 1. The van der Waals surface area contributed by atoms with Gasteiger partial charge >= 0.3 is 0 Å². The molecule has 3 nitrogen and oxygen atoms in total. The van der Waals surface area contributed by atoms with E-state index in [-0.39, 0.29) is 0 Å². The van der Waals surface area contributed by atoms with E-state index in [9.17, 15) is 0 Å². The minimum atomic E-state index is 0.556. The summed E-state index contributed by atoms with van der Waals surface area (Å²) in [5.74, 6) is 0.934. The molecule has 0 radical (unpaired) electrons. The van der Waals surface area contributed by atoms with Crippen molar-refractivity contribution in [1.82, 2.24) is 10.2 Å². The average Bonchev–Trinajstić information content (AvgIpc) is 2.37. The maximum atomic E-state index is 5.25. The van der Waals surface area contributed by atoms with Crippen LogP contribution in [0.4, 0.5) is 0 Å². The lowest BCUT2D eigenvalue weighted by molar-refractivity contribution is 0.276. The Balaban J connectivity index is 2.46. The Morgan fingerprint density at radius 1 is 1.33 bits per heavy atom. The van der Waals surface area contributed by atoms with Crippen molar-refractivity contribution < 1.29 is 4.74 Å². The molecule has 0 saturated heterocycles. The largest absolute Gasteiger partial charge is 0.497 e. The molecule has 0 aliphatic carbocycles. The summed E-state index contributed by atoms with van der Waals surface area (Å²) < 4.78 is 5.25. The van der Waals surface area contributed by atoms with Gasteiger partial charge in [-0.15, -0.1) is 0 Å². The van der Waals surface area contributed by atoms with Crippen LogP contribution in [0.25, 0.3) is 0 Å². The van der Waals surface area contributed by atoms with Crippen LogP contribution in [-0.2, 0) is 6.54 Å². The van der Waals surface area contributed by atoms with Crippen molar-refractivity contribution in [2.24, 2.45) is 0 Å². The molecule has 0 amide bonds. The third-order valence-corrected chi connectivity index (χ3v) is 2.97. The number of methoxy groups -OCH3 is 1. The Hall–Kier alpha value is -1.06. The topological polar surface area (TPSA) is 24.5 Å². The zero-order chi connectivity index (χ0) is 13.4. The molecule has 0 bridgehead atoms. The van der Waals surface area contributed by atoms with Crippen LogP contribution in [0.15, 0.2) is 24.3 Å². The summed E-state index contributed by atoms with van der Waals surface area (Å²) in [6, 6.07) is 8.86. The molecule has 1 N–H and O–H groups in total. The molecule has 0 spiro atoms. The average molecular weight is 250 g/mol.